The molecule has 3 aromatic rings. The number of hydrogen-bond acceptors (Lipinski definition) is 6. The molecule has 6 nitrogen and oxygen atoms in total. The fraction of sp³-hybridized carbons (Fsp3) is 0.200. The monoisotopic (exact) mass is 314 g/mol. The summed E-state index contributed by atoms with van der Waals surface area (Å²) in [6.45, 7) is 3.56. The van der Waals surface area contributed by atoms with E-state index in [4.69, 9.17) is 4.52 Å². The maximum absolute atomic E-state index is 11.7. The van der Waals surface area contributed by atoms with Gasteiger partial charge in [0.2, 0.25) is 11.7 Å². The minimum atomic E-state index is -0.120. The molecule has 0 aliphatic rings. The van der Waals surface area contributed by atoms with Gasteiger partial charge < -0.3 is 9.51 Å². The van der Waals surface area contributed by atoms with Crippen LogP contribution in [0, 0.1) is 13.8 Å². The van der Waals surface area contributed by atoms with Crippen LogP contribution in [0.15, 0.2) is 44.8 Å². The van der Waals surface area contributed by atoms with Gasteiger partial charge in [-0.25, -0.2) is 4.98 Å². The van der Waals surface area contributed by atoms with E-state index < -0.39 is 0 Å². The fourth-order valence-corrected chi connectivity index (χ4v) is 2.58. The Morgan fingerprint density at radius 2 is 1.95 bits per heavy atom. The van der Waals surface area contributed by atoms with E-state index in [-0.39, 0.29) is 5.56 Å². The van der Waals surface area contributed by atoms with Crippen molar-refractivity contribution in [2.75, 3.05) is 0 Å². The second kappa shape index (κ2) is 6.15. The molecule has 0 amide bonds. The topological polar surface area (TPSA) is 84.7 Å². The Bertz CT molecular complexity index is 842. The van der Waals surface area contributed by atoms with Gasteiger partial charge in [0.1, 0.15) is 0 Å². The first-order valence-electron chi connectivity index (χ1n) is 6.72. The lowest BCUT2D eigenvalue weighted by molar-refractivity contribution is 0.391. The van der Waals surface area contributed by atoms with Crippen LogP contribution in [0.5, 0.6) is 0 Å². The minimum absolute atomic E-state index is 0.120. The third-order valence-electron chi connectivity index (χ3n) is 3.21. The fourth-order valence-electron chi connectivity index (χ4n) is 1.84. The summed E-state index contributed by atoms with van der Waals surface area (Å²) in [7, 11) is 0. The average Bonchev–Trinajstić information content (AvgIpc) is 3.00. The Labute approximate surface area is 131 Å². The summed E-state index contributed by atoms with van der Waals surface area (Å²) in [6.07, 6.45) is 0. The Morgan fingerprint density at radius 1 is 1.18 bits per heavy atom. The van der Waals surface area contributed by atoms with Gasteiger partial charge in [0.05, 0.1) is 5.75 Å². The highest BCUT2D eigenvalue weighted by molar-refractivity contribution is 7.98. The highest BCUT2D eigenvalue weighted by atomic mass is 32.2. The number of aromatic amines is 1. The van der Waals surface area contributed by atoms with E-state index in [2.05, 4.69) is 20.1 Å². The lowest BCUT2D eigenvalue weighted by atomic mass is 10.2. The highest BCUT2D eigenvalue weighted by Gasteiger charge is 2.10. The quantitative estimate of drug-likeness (QED) is 0.589. The number of hydrogen-bond donors (Lipinski definition) is 1. The first kappa shape index (κ1) is 14.5. The van der Waals surface area contributed by atoms with Gasteiger partial charge >= 0.3 is 0 Å². The Hall–Kier alpha value is -2.41. The summed E-state index contributed by atoms with van der Waals surface area (Å²) in [5.74, 6) is 1.49. The van der Waals surface area contributed by atoms with Crippen molar-refractivity contribution < 1.29 is 4.52 Å². The number of H-pyrrole nitrogens is 1. The van der Waals surface area contributed by atoms with E-state index in [1.807, 2.05) is 37.3 Å². The van der Waals surface area contributed by atoms with Gasteiger partial charge in [0.15, 0.2) is 5.16 Å². The van der Waals surface area contributed by atoms with Crippen LogP contribution in [0.1, 0.15) is 17.1 Å². The van der Waals surface area contributed by atoms with Gasteiger partial charge in [0, 0.05) is 16.8 Å². The first-order valence-corrected chi connectivity index (χ1v) is 7.70. The zero-order chi connectivity index (χ0) is 15.5. The molecule has 0 bridgehead atoms. The highest BCUT2D eigenvalue weighted by Crippen LogP contribution is 2.20. The second-order valence-corrected chi connectivity index (χ2v) is 5.71. The lowest BCUT2D eigenvalue weighted by Crippen LogP contribution is -2.14. The smallest absolute Gasteiger partial charge is 0.254 e. The molecular formula is C15H14N4O2S. The zero-order valence-electron chi connectivity index (χ0n) is 12.2. The van der Waals surface area contributed by atoms with Crippen LogP contribution < -0.4 is 5.56 Å². The SMILES string of the molecule is Cc1nc(SCc2nc(-c3ccccc3)no2)[nH]c(=O)c1C. The van der Waals surface area contributed by atoms with E-state index >= 15 is 0 Å². The van der Waals surface area contributed by atoms with Gasteiger partial charge in [-0.15, -0.1) is 0 Å². The number of aromatic nitrogens is 4. The summed E-state index contributed by atoms with van der Waals surface area (Å²) < 4.78 is 5.22. The molecule has 2 aromatic heterocycles. The summed E-state index contributed by atoms with van der Waals surface area (Å²) in [5.41, 5.74) is 2.14. The maximum Gasteiger partial charge on any atom is 0.254 e. The minimum Gasteiger partial charge on any atom is -0.338 e. The van der Waals surface area contributed by atoms with Crippen molar-refractivity contribution >= 4 is 11.8 Å². The van der Waals surface area contributed by atoms with Crippen molar-refractivity contribution in [1.82, 2.24) is 20.1 Å². The van der Waals surface area contributed by atoms with Gasteiger partial charge in [0.25, 0.3) is 5.56 Å². The summed E-state index contributed by atoms with van der Waals surface area (Å²) in [4.78, 5) is 23.1. The molecule has 0 aliphatic heterocycles. The first-order chi connectivity index (χ1) is 10.6. The molecule has 3 rings (SSSR count). The van der Waals surface area contributed by atoms with Crippen molar-refractivity contribution in [2.24, 2.45) is 0 Å². The van der Waals surface area contributed by atoms with Crippen LogP contribution in [-0.4, -0.2) is 20.1 Å². The van der Waals surface area contributed by atoms with Gasteiger partial charge in [-0.05, 0) is 13.8 Å². The normalized spacial score (nSPS) is 10.8. The van der Waals surface area contributed by atoms with Gasteiger partial charge in [-0.3, -0.25) is 4.79 Å². The summed E-state index contributed by atoms with van der Waals surface area (Å²) in [5, 5.41) is 4.50. The lowest BCUT2D eigenvalue weighted by Gasteiger charge is -2.01. The summed E-state index contributed by atoms with van der Waals surface area (Å²) >= 11 is 1.36. The molecule has 112 valence electrons. The van der Waals surface area contributed by atoms with Crippen molar-refractivity contribution in [1.29, 1.82) is 0 Å². The average molecular weight is 314 g/mol. The number of nitrogens with zero attached hydrogens (tertiary/aromatic N) is 3. The zero-order valence-corrected chi connectivity index (χ0v) is 13.0. The number of thioether (sulfide) groups is 1. The van der Waals surface area contributed by atoms with E-state index in [1.165, 1.54) is 11.8 Å². The molecule has 0 unspecified atom stereocenters. The van der Waals surface area contributed by atoms with E-state index in [0.717, 1.165) is 11.3 Å². The number of nitrogens with one attached hydrogen (secondary N) is 1. The van der Waals surface area contributed by atoms with Gasteiger partial charge in [-0.2, -0.15) is 4.98 Å². The van der Waals surface area contributed by atoms with Crippen molar-refractivity contribution in [3.8, 4) is 11.4 Å². The molecule has 0 saturated carbocycles. The maximum atomic E-state index is 11.7. The molecule has 0 saturated heterocycles. The molecule has 1 aromatic carbocycles. The summed E-state index contributed by atoms with van der Waals surface area (Å²) in [6, 6.07) is 9.62. The van der Waals surface area contributed by atoms with E-state index in [0.29, 0.717) is 28.2 Å². The molecule has 7 heteroatoms. The predicted molar refractivity (Wildman–Crippen MR) is 83.6 cm³/mol. The van der Waals surface area contributed by atoms with Crippen molar-refractivity contribution in [3.63, 3.8) is 0 Å². The molecule has 0 fully saturated rings. The molecule has 2 heterocycles. The predicted octanol–water partition coefficient (Wildman–Crippen LogP) is 2.73. The van der Waals surface area contributed by atoms with E-state index in [1.54, 1.807) is 6.92 Å². The van der Waals surface area contributed by atoms with Crippen LogP contribution in [0.4, 0.5) is 0 Å². The van der Waals surface area contributed by atoms with Gasteiger partial charge in [-0.1, -0.05) is 47.3 Å². The van der Waals surface area contributed by atoms with Crippen LogP contribution >= 0.6 is 11.8 Å². The van der Waals surface area contributed by atoms with Crippen molar-refractivity contribution in [2.45, 2.75) is 24.8 Å². The molecule has 22 heavy (non-hydrogen) atoms. The third-order valence-corrected chi connectivity index (χ3v) is 4.06. The van der Waals surface area contributed by atoms with Crippen LogP contribution in [0.25, 0.3) is 11.4 Å². The molecule has 0 aliphatic carbocycles. The van der Waals surface area contributed by atoms with Crippen LogP contribution in [-0.2, 0) is 5.75 Å². The van der Waals surface area contributed by atoms with Crippen LogP contribution in [0.2, 0.25) is 0 Å². The molecule has 0 spiro atoms. The van der Waals surface area contributed by atoms with E-state index in [9.17, 15) is 4.79 Å². The molecular weight excluding hydrogens is 300 g/mol. The Kier molecular flexibility index (Phi) is 4.06. The standard InChI is InChI=1S/C15H14N4O2S/c1-9-10(2)16-15(18-14(9)20)22-8-12-17-13(19-21-12)11-6-4-3-5-7-11/h3-7H,8H2,1-2H3,(H,16,18,20). The Morgan fingerprint density at radius 3 is 2.68 bits per heavy atom. The third kappa shape index (κ3) is 3.09. The number of benzene rings is 1. The molecule has 0 radical (unpaired) electrons. The Balaban J connectivity index is 1.73. The molecule has 0 atom stereocenters. The second-order valence-electron chi connectivity index (χ2n) is 4.75. The number of rotatable bonds is 4. The van der Waals surface area contributed by atoms with Crippen LogP contribution in [0.3, 0.4) is 0 Å². The molecule has 1 N–H and O–H groups in total. The largest absolute Gasteiger partial charge is 0.338 e. The van der Waals surface area contributed by atoms with Crippen molar-refractivity contribution in [3.05, 3.63) is 57.8 Å². The number of aryl methyl sites for hydroxylation is 1.